The zero-order chi connectivity index (χ0) is 17.4. The zero-order valence-corrected chi connectivity index (χ0v) is 13.9. The van der Waals surface area contributed by atoms with Crippen molar-refractivity contribution < 1.29 is 9.59 Å². The summed E-state index contributed by atoms with van der Waals surface area (Å²) in [5, 5.41) is 1.32. The fourth-order valence-electron chi connectivity index (χ4n) is 3.19. The van der Waals surface area contributed by atoms with Crippen molar-refractivity contribution in [1.82, 2.24) is 5.01 Å². The number of aryl methyl sites for hydroxylation is 1. The second kappa shape index (κ2) is 6.09. The summed E-state index contributed by atoms with van der Waals surface area (Å²) in [5.74, 6) is 5.68. The molecular weight excluding hydrogens is 302 g/mol. The van der Waals surface area contributed by atoms with Crippen LogP contribution in [0.3, 0.4) is 0 Å². The summed E-state index contributed by atoms with van der Waals surface area (Å²) >= 11 is 0. The van der Waals surface area contributed by atoms with Crippen molar-refractivity contribution in [3.05, 3.63) is 70.1 Å². The lowest BCUT2D eigenvalue weighted by Crippen LogP contribution is -2.43. The molecule has 2 aliphatic rings. The third-order valence-corrected chi connectivity index (χ3v) is 4.55. The fraction of sp³-hybridized carbons (Fsp3) is 0.263. The number of carbonyl (C=O) groups excluding carboxylic acids is 2. The molecule has 0 spiro atoms. The Morgan fingerprint density at radius 3 is 2.62 bits per heavy atom. The summed E-state index contributed by atoms with van der Waals surface area (Å²) in [6, 6.07) is 5.20. The molecule has 24 heavy (non-hydrogen) atoms. The summed E-state index contributed by atoms with van der Waals surface area (Å²) in [4.78, 5) is 25.4. The Bertz CT molecular complexity index is 818. The maximum absolute atomic E-state index is 12.8. The number of hydrogen-bond donors (Lipinski definition) is 2. The van der Waals surface area contributed by atoms with Crippen molar-refractivity contribution in [1.29, 1.82) is 0 Å². The lowest BCUT2D eigenvalue weighted by atomic mass is 9.87. The number of allylic oxidation sites excluding steroid dienone is 5. The molecule has 3 rings (SSSR count). The normalized spacial score (nSPS) is 20.1. The molecule has 1 aromatic rings. The number of hydrazine groups is 1. The first-order valence-corrected chi connectivity index (χ1v) is 7.96. The Balaban J connectivity index is 1.91. The highest BCUT2D eigenvalue weighted by Crippen LogP contribution is 2.28. The summed E-state index contributed by atoms with van der Waals surface area (Å²) in [6.07, 6.45) is 7.08. The van der Waals surface area contributed by atoms with E-state index < -0.39 is 0 Å². The summed E-state index contributed by atoms with van der Waals surface area (Å²) < 4.78 is 0. The molecule has 5 heteroatoms. The molecule has 4 N–H and O–H groups in total. The summed E-state index contributed by atoms with van der Waals surface area (Å²) in [6.45, 7) is 4.26. The van der Waals surface area contributed by atoms with Gasteiger partial charge in [0.2, 0.25) is 11.6 Å². The van der Waals surface area contributed by atoms with Crippen LogP contribution in [0.5, 0.6) is 0 Å². The monoisotopic (exact) mass is 323 g/mol. The van der Waals surface area contributed by atoms with E-state index in [2.05, 4.69) is 12.2 Å². The van der Waals surface area contributed by atoms with E-state index in [-0.39, 0.29) is 28.9 Å². The fourth-order valence-corrected chi connectivity index (χ4v) is 3.19. The van der Waals surface area contributed by atoms with E-state index >= 15 is 0 Å². The molecule has 0 radical (unpaired) electrons. The van der Waals surface area contributed by atoms with Gasteiger partial charge in [-0.05, 0) is 31.7 Å². The van der Waals surface area contributed by atoms with Gasteiger partial charge in [0, 0.05) is 17.7 Å². The Labute approximate surface area is 141 Å². The quantitative estimate of drug-likeness (QED) is 0.658. The molecular formula is C19H21N3O2. The molecule has 0 amide bonds. The van der Waals surface area contributed by atoms with Gasteiger partial charge in [-0.15, -0.1) is 0 Å². The zero-order valence-electron chi connectivity index (χ0n) is 13.9. The smallest absolute Gasteiger partial charge is 0.213 e. The van der Waals surface area contributed by atoms with Gasteiger partial charge in [-0.25, -0.2) is 5.84 Å². The van der Waals surface area contributed by atoms with Gasteiger partial charge in [0.05, 0.1) is 0 Å². The number of nitrogens with zero attached hydrogens (tertiary/aromatic N) is 1. The average Bonchev–Trinajstić information content (AvgIpc) is 2.55. The molecule has 124 valence electrons. The van der Waals surface area contributed by atoms with Gasteiger partial charge in [0.1, 0.15) is 11.4 Å². The molecule has 0 fully saturated rings. The molecule has 5 nitrogen and oxygen atoms in total. The van der Waals surface area contributed by atoms with Crippen LogP contribution in [0, 0.1) is 12.8 Å². The van der Waals surface area contributed by atoms with Crippen molar-refractivity contribution in [3.63, 3.8) is 0 Å². The van der Waals surface area contributed by atoms with Crippen molar-refractivity contribution >= 4 is 11.6 Å². The van der Waals surface area contributed by atoms with Crippen molar-refractivity contribution in [2.24, 2.45) is 17.5 Å². The lowest BCUT2D eigenvalue weighted by molar-refractivity contribution is 0.0935. The minimum Gasteiger partial charge on any atom is -0.394 e. The van der Waals surface area contributed by atoms with Gasteiger partial charge in [-0.2, -0.15) is 0 Å². The average molecular weight is 323 g/mol. The molecule has 0 aliphatic heterocycles. The van der Waals surface area contributed by atoms with E-state index in [0.29, 0.717) is 17.7 Å². The predicted molar refractivity (Wildman–Crippen MR) is 93.0 cm³/mol. The third-order valence-electron chi connectivity index (χ3n) is 4.55. The number of ketones is 2. The minimum absolute atomic E-state index is 0.0733. The van der Waals surface area contributed by atoms with Gasteiger partial charge in [-0.1, -0.05) is 42.0 Å². The van der Waals surface area contributed by atoms with E-state index in [1.165, 1.54) is 10.6 Å². The largest absolute Gasteiger partial charge is 0.394 e. The number of nitrogens with two attached hydrogens (primary N) is 2. The Hall–Kier alpha value is -2.66. The van der Waals surface area contributed by atoms with Crippen LogP contribution in [0.4, 0.5) is 0 Å². The van der Waals surface area contributed by atoms with E-state index in [9.17, 15) is 9.59 Å². The molecule has 0 saturated carbocycles. The maximum atomic E-state index is 12.8. The first-order valence-electron chi connectivity index (χ1n) is 7.96. The third kappa shape index (κ3) is 2.67. The second-order valence-corrected chi connectivity index (χ2v) is 6.37. The maximum Gasteiger partial charge on any atom is 0.213 e. The number of fused-ring (bicyclic) bond motifs is 1. The van der Waals surface area contributed by atoms with Crippen LogP contribution in [0.2, 0.25) is 0 Å². The second-order valence-electron chi connectivity index (χ2n) is 6.37. The van der Waals surface area contributed by atoms with E-state index in [1.807, 2.05) is 13.0 Å². The number of Topliss-reactive ketones (excluding diaryl/α,β-unsaturated/α-hetero) is 2. The van der Waals surface area contributed by atoms with Crippen LogP contribution in [0.15, 0.2) is 53.4 Å². The molecule has 0 bridgehead atoms. The van der Waals surface area contributed by atoms with Crippen LogP contribution in [0.25, 0.3) is 0 Å². The molecule has 0 aromatic heterocycles. The molecule has 1 atom stereocenters. The van der Waals surface area contributed by atoms with Gasteiger partial charge in [-0.3, -0.25) is 9.59 Å². The number of benzene rings is 1. The first-order chi connectivity index (χ1) is 11.4. The number of hydrogen-bond acceptors (Lipinski definition) is 5. The predicted octanol–water partition coefficient (Wildman–Crippen LogP) is 2.24. The highest BCUT2D eigenvalue weighted by Gasteiger charge is 2.34. The van der Waals surface area contributed by atoms with E-state index in [4.69, 9.17) is 11.6 Å². The van der Waals surface area contributed by atoms with Crippen LogP contribution < -0.4 is 11.6 Å². The highest BCUT2D eigenvalue weighted by atomic mass is 16.1. The first kappa shape index (κ1) is 16.2. The summed E-state index contributed by atoms with van der Waals surface area (Å²) in [7, 11) is 0. The van der Waals surface area contributed by atoms with Crippen molar-refractivity contribution in [3.8, 4) is 0 Å². The molecule has 1 unspecified atom stereocenters. The standard InChI is InChI=1S/C19H21N3O2/c1-11-6-8-13(9-7-11)10-22(21)17-16(20)19(24)15-12(2)4-3-5-14(15)18(17)23/h3-8,13H,9-10,20-21H2,1-2H3. The van der Waals surface area contributed by atoms with E-state index in [0.717, 1.165) is 12.0 Å². The van der Waals surface area contributed by atoms with E-state index in [1.54, 1.807) is 25.1 Å². The topological polar surface area (TPSA) is 89.4 Å². The Kier molecular flexibility index (Phi) is 4.11. The van der Waals surface area contributed by atoms with Gasteiger partial charge in [0.25, 0.3) is 0 Å². The Morgan fingerprint density at radius 1 is 1.21 bits per heavy atom. The van der Waals surface area contributed by atoms with Crippen LogP contribution in [0.1, 0.15) is 39.6 Å². The van der Waals surface area contributed by atoms with Gasteiger partial charge in [0.15, 0.2) is 0 Å². The SMILES string of the molecule is CC1=CCC(CN(N)C2=C(N)C(=O)c3c(C)cccc3C2=O)C=C1. The summed E-state index contributed by atoms with van der Waals surface area (Å²) in [5.41, 5.74) is 8.71. The highest BCUT2D eigenvalue weighted by molar-refractivity contribution is 6.26. The molecule has 1 aromatic carbocycles. The number of carbonyl (C=O) groups is 2. The van der Waals surface area contributed by atoms with Crippen LogP contribution in [-0.4, -0.2) is 23.1 Å². The van der Waals surface area contributed by atoms with Gasteiger partial charge >= 0.3 is 0 Å². The molecule has 0 saturated heterocycles. The number of rotatable bonds is 3. The van der Waals surface area contributed by atoms with Crippen molar-refractivity contribution in [2.75, 3.05) is 6.54 Å². The van der Waals surface area contributed by atoms with Crippen LogP contribution >= 0.6 is 0 Å². The Morgan fingerprint density at radius 2 is 1.96 bits per heavy atom. The lowest BCUT2D eigenvalue weighted by Gasteiger charge is -2.29. The van der Waals surface area contributed by atoms with Crippen molar-refractivity contribution in [2.45, 2.75) is 20.3 Å². The molecule has 0 heterocycles. The molecule has 2 aliphatic carbocycles. The van der Waals surface area contributed by atoms with Gasteiger partial charge < -0.3 is 10.7 Å². The van der Waals surface area contributed by atoms with Crippen LogP contribution in [-0.2, 0) is 0 Å². The minimum atomic E-state index is -0.330.